The molecule has 0 aromatic heterocycles. The van der Waals surface area contributed by atoms with Crippen LogP contribution in [0, 0.1) is 12.3 Å². The molecule has 0 saturated carbocycles. The molecule has 1 aromatic rings. The number of ether oxygens (including phenoxy) is 1. The van der Waals surface area contributed by atoms with Gasteiger partial charge in [0.25, 0.3) is 0 Å². The molecule has 0 saturated heterocycles. The average molecular weight is 370 g/mol. The zero-order valence-electron chi connectivity index (χ0n) is 14.5. The van der Waals surface area contributed by atoms with Crippen LogP contribution in [0.3, 0.4) is 0 Å². The minimum atomic E-state index is -1.07. The number of rotatable bonds is 6. The summed E-state index contributed by atoms with van der Waals surface area (Å²) in [5.74, 6) is 0.851. The number of carbonyl (C=O) groups is 3. The molecule has 2 amide bonds. The van der Waals surface area contributed by atoms with E-state index < -0.39 is 29.6 Å². The number of terminal acetylenes is 1. The van der Waals surface area contributed by atoms with Crippen molar-refractivity contribution < 1.29 is 24.2 Å². The number of amides is 2. The molecule has 0 aliphatic carbocycles. The predicted octanol–water partition coefficient (Wildman–Crippen LogP) is 1.72. The van der Waals surface area contributed by atoms with Crippen molar-refractivity contribution in [2.45, 2.75) is 45.3 Å². The molecule has 1 aromatic carbocycles. The van der Waals surface area contributed by atoms with Crippen molar-refractivity contribution in [1.82, 2.24) is 5.32 Å². The summed E-state index contributed by atoms with van der Waals surface area (Å²) in [5, 5.41) is 13.8. The van der Waals surface area contributed by atoms with Crippen LogP contribution in [0.1, 0.15) is 39.2 Å². The van der Waals surface area contributed by atoms with Crippen LogP contribution in [0.25, 0.3) is 0 Å². The Labute approximate surface area is 175 Å². The van der Waals surface area contributed by atoms with Gasteiger partial charge in [-0.25, -0.2) is 4.79 Å². The SMILES string of the molecule is C#Cc1ccc(NC(=O)C(CCC(=O)O)NC(=O)OC(C)(C)C)cc1.[NaH]. The Morgan fingerprint density at radius 3 is 2.27 bits per heavy atom. The van der Waals surface area contributed by atoms with E-state index in [1.807, 2.05) is 0 Å². The van der Waals surface area contributed by atoms with E-state index in [9.17, 15) is 14.4 Å². The number of anilines is 1. The topological polar surface area (TPSA) is 105 Å². The van der Waals surface area contributed by atoms with Crippen molar-refractivity contribution in [3.63, 3.8) is 0 Å². The normalized spacial score (nSPS) is 11.3. The van der Waals surface area contributed by atoms with Crippen LogP contribution < -0.4 is 10.6 Å². The van der Waals surface area contributed by atoms with E-state index in [0.29, 0.717) is 11.3 Å². The molecular weight excluding hydrogens is 347 g/mol. The number of benzene rings is 1. The number of hydrogen-bond acceptors (Lipinski definition) is 4. The zero-order valence-corrected chi connectivity index (χ0v) is 14.5. The number of hydrogen-bond donors (Lipinski definition) is 3. The summed E-state index contributed by atoms with van der Waals surface area (Å²) < 4.78 is 5.11. The van der Waals surface area contributed by atoms with Crippen molar-refractivity contribution in [2.24, 2.45) is 0 Å². The molecule has 0 fully saturated rings. The fourth-order valence-electron chi connectivity index (χ4n) is 1.87. The van der Waals surface area contributed by atoms with Gasteiger partial charge >= 0.3 is 41.6 Å². The summed E-state index contributed by atoms with van der Waals surface area (Å²) >= 11 is 0. The third-order valence-corrected chi connectivity index (χ3v) is 2.97. The number of carbonyl (C=O) groups excluding carboxylic acids is 2. The molecule has 136 valence electrons. The van der Waals surface area contributed by atoms with Crippen LogP contribution in [-0.4, -0.2) is 64.3 Å². The molecule has 8 heteroatoms. The zero-order chi connectivity index (χ0) is 19.0. The fraction of sp³-hybridized carbons (Fsp3) is 0.389. The van der Waals surface area contributed by atoms with Gasteiger partial charge in [-0.1, -0.05) is 5.92 Å². The van der Waals surface area contributed by atoms with E-state index in [4.69, 9.17) is 16.3 Å². The maximum absolute atomic E-state index is 12.4. The van der Waals surface area contributed by atoms with Gasteiger partial charge in [-0.15, -0.1) is 6.42 Å². The van der Waals surface area contributed by atoms with Crippen molar-refractivity contribution in [2.75, 3.05) is 5.32 Å². The van der Waals surface area contributed by atoms with Crippen molar-refractivity contribution in [3.05, 3.63) is 29.8 Å². The maximum atomic E-state index is 12.4. The Morgan fingerprint density at radius 2 is 1.81 bits per heavy atom. The van der Waals surface area contributed by atoms with Gasteiger partial charge < -0.3 is 20.5 Å². The van der Waals surface area contributed by atoms with Crippen LogP contribution in [0.5, 0.6) is 0 Å². The number of carboxylic acid groups (broad SMARTS) is 1. The van der Waals surface area contributed by atoms with Crippen molar-refractivity contribution in [3.8, 4) is 12.3 Å². The molecule has 0 spiro atoms. The molecular formula is C18H23N2NaO5. The quantitative estimate of drug-likeness (QED) is 0.522. The standard InChI is InChI=1S/C18H22N2O5.Na.H/c1-5-12-6-8-13(9-7-12)19-16(23)14(10-11-15(21)22)20-17(24)25-18(2,3)4;;/h1,6-9,14H,10-11H2,2-4H3,(H,19,23)(H,20,24)(H,21,22);;. The molecule has 1 unspecified atom stereocenters. The number of nitrogens with one attached hydrogen (secondary N) is 2. The Hall–Kier alpha value is -2.01. The molecule has 1 atom stereocenters. The van der Waals surface area contributed by atoms with Crippen molar-refractivity contribution in [1.29, 1.82) is 0 Å². The van der Waals surface area contributed by atoms with E-state index >= 15 is 0 Å². The van der Waals surface area contributed by atoms with E-state index in [-0.39, 0.29) is 42.4 Å². The van der Waals surface area contributed by atoms with Crippen LogP contribution >= 0.6 is 0 Å². The first-order valence-electron chi connectivity index (χ1n) is 7.69. The number of aliphatic carboxylic acids is 1. The Bertz CT molecular complexity index is 674. The molecule has 0 aliphatic heterocycles. The van der Waals surface area contributed by atoms with E-state index in [1.165, 1.54) is 0 Å². The van der Waals surface area contributed by atoms with Gasteiger partial charge in [0.05, 0.1) is 0 Å². The Morgan fingerprint density at radius 1 is 1.23 bits per heavy atom. The first kappa shape index (κ1) is 24.0. The molecule has 26 heavy (non-hydrogen) atoms. The van der Waals surface area contributed by atoms with Gasteiger partial charge in [0.15, 0.2) is 0 Å². The van der Waals surface area contributed by atoms with Gasteiger partial charge in [0.2, 0.25) is 5.91 Å². The molecule has 7 nitrogen and oxygen atoms in total. The predicted molar refractivity (Wildman–Crippen MR) is 100 cm³/mol. The third-order valence-electron chi connectivity index (χ3n) is 2.97. The molecule has 0 aliphatic rings. The molecule has 0 bridgehead atoms. The number of alkyl carbamates (subject to hydrolysis) is 1. The summed E-state index contributed by atoms with van der Waals surface area (Å²) in [4.78, 5) is 35.0. The third kappa shape index (κ3) is 9.47. The second kappa shape index (κ2) is 10.9. The summed E-state index contributed by atoms with van der Waals surface area (Å²) in [5.41, 5.74) is 0.408. The average Bonchev–Trinajstić information content (AvgIpc) is 2.50. The summed E-state index contributed by atoms with van der Waals surface area (Å²) in [6.07, 6.45) is 4.14. The monoisotopic (exact) mass is 370 g/mol. The number of carboxylic acids is 1. The molecule has 0 heterocycles. The van der Waals surface area contributed by atoms with Gasteiger partial charge in [-0.05, 0) is 51.5 Å². The first-order chi connectivity index (χ1) is 11.6. The molecule has 0 radical (unpaired) electrons. The summed E-state index contributed by atoms with van der Waals surface area (Å²) in [6, 6.07) is 5.51. The fourth-order valence-corrected chi connectivity index (χ4v) is 1.87. The first-order valence-corrected chi connectivity index (χ1v) is 7.69. The van der Waals surface area contributed by atoms with Gasteiger partial charge in [-0.2, -0.15) is 0 Å². The van der Waals surface area contributed by atoms with Gasteiger partial charge in [0.1, 0.15) is 11.6 Å². The summed E-state index contributed by atoms with van der Waals surface area (Å²) in [6.45, 7) is 5.06. The summed E-state index contributed by atoms with van der Waals surface area (Å²) in [7, 11) is 0. The Kier molecular flexibility index (Phi) is 10.0. The van der Waals surface area contributed by atoms with Gasteiger partial charge in [0, 0.05) is 17.7 Å². The Balaban J connectivity index is 0.00000625. The molecule has 1 rings (SSSR count). The van der Waals surface area contributed by atoms with Crippen LogP contribution in [0.2, 0.25) is 0 Å². The molecule has 3 N–H and O–H groups in total. The van der Waals surface area contributed by atoms with Crippen molar-refractivity contribution >= 4 is 53.2 Å². The minimum absolute atomic E-state index is 0. The van der Waals surface area contributed by atoms with E-state index in [2.05, 4.69) is 16.6 Å². The van der Waals surface area contributed by atoms with Gasteiger partial charge in [-0.3, -0.25) is 9.59 Å². The second-order valence-corrected chi connectivity index (χ2v) is 6.34. The van der Waals surface area contributed by atoms with E-state index in [0.717, 1.165) is 0 Å². The second-order valence-electron chi connectivity index (χ2n) is 6.34. The van der Waals surface area contributed by atoms with E-state index in [1.54, 1.807) is 45.0 Å². The van der Waals surface area contributed by atoms with Crippen LogP contribution in [-0.2, 0) is 14.3 Å². The van der Waals surface area contributed by atoms with Crippen LogP contribution in [0.4, 0.5) is 10.5 Å². The van der Waals surface area contributed by atoms with Crippen LogP contribution in [0.15, 0.2) is 24.3 Å².